The van der Waals surface area contributed by atoms with Gasteiger partial charge in [0.25, 0.3) is 0 Å². The number of carboxylic acids is 1. The van der Waals surface area contributed by atoms with Gasteiger partial charge in [-0.1, -0.05) is 11.3 Å². The van der Waals surface area contributed by atoms with Crippen molar-refractivity contribution >= 4 is 12.0 Å². The Morgan fingerprint density at radius 1 is 1.41 bits per heavy atom. The van der Waals surface area contributed by atoms with E-state index < -0.39 is 17.7 Å². The number of benzene rings is 1. The number of alkyl halides is 3. The highest BCUT2D eigenvalue weighted by molar-refractivity contribution is 5.85. The number of halogens is 3. The molecule has 0 radical (unpaired) electrons. The maximum Gasteiger partial charge on any atom is 0.416 e. The van der Waals surface area contributed by atoms with Gasteiger partial charge in [-0.3, -0.25) is 0 Å². The number of hydrogen-bond acceptors (Lipinski definition) is 3. The van der Waals surface area contributed by atoms with Gasteiger partial charge in [-0.25, -0.2) is 9.48 Å². The Morgan fingerprint density at radius 3 is 2.68 bits per heavy atom. The van der Waals surface area contributed by atoms with Gasteiger partial charge < -0.3 is 5.11 Å². The van der Waals surface area contributed by atoms with Gasteiger partial charge in [0, 0.05) is 12.3 Å². The summed E-state index contributed by atoms with van der Waals surface area (Å²) in [6.07, 6.45) is -0.757. The molecular formula is C14H12F3N3O2. The second-order valence-electron chi connectivity index (χ2n) is 4.64. The van der Waals surface area contributed by atoms with Gasteiger partial charge in [0.1, 0.15) is 0 Å². The number of carbonyl (C=O) groups is 1. The zero-order valence-electron chi connectivity index (χ0n) is 11.5. The average molecular weight is 311 g/mol. The van der Waals surface area contributed by atoms with Crippen molar-refractivity contribution in [3.05, 3.63) is 52.9 Å². The normalized spacial score (nSPS) is 12.0. The van der Waals surface area contributed by atoms with Crippen LogP contribution in [0, 0.1) is 6.92 Å². The summed E-state index contributed by atoms with van der Waals surface area (Å²) in [4.78, 5) is 10.6. The Kier molecular flexibility index (Phi) is 4.30. The molecule has 0 fully saturated rings. The van der Waals surface area contributed by atoms with Crippen LogP contribution in [0.15, 0.2) is 30.5 Å². The highest BCUT2D eigenvalue weighted by Gasteiger charge is 2.30. The summed E-state index contributed by atoms with van der Waals surface area (Å²) < 4.78 is 39.8. The monoisotopic (exact) mass is 311 g/mol. The van der Waals surface area contributed by atoms with Crippen LogP contribution in [0.25, 0.3) is 6.08 Å². The molecule has 0 aliphatic rings. The highest BCUT2D eigenvalue weighted by atomic mass is 19.4. The van der Waals surface area contributed by atoms with Crippen LogP contribution in [0.2, 0.25) is 0 Å². The Labute approximate surface area is 123 Å². The van der Waals surface area contributed by atoms with E-state index in [1.165, 1.54) is 16.8 Å². The number of hydrogen-bond donors (Lipinski definition) is 1. The lowest BCUT2D eigenvalue weighted by Crippen LogP contribution is -2.08. The van der Waals surface area contributed by atoms with Crippen LogP contribution in [0.3, 0.4) is 0 Å². The third-order valence-electron chi connectivity index (χ3n) is 2.86. The molecule has 0 amide bonds. The molecule has 0 aliphatic carbocycles. The number of nitrogens with zero attached hydrogens (tertiary/aromatic N) is 3. The molecule has 0 saturated heterocycles. The molecule has 2 rings (SSSR count). The number of aromatic nitrogens is 3. The molecule has 1 aromatic carbocycles. The van der Waals surface area contributed by atoms with Crippen molar-refractivity contribution < 1.29 is 23.1 Å². The lowest BCUT2D eigenvalue weighted by atomic mass is 10.0. The first kappa shape index (κ1) is 15.7. The van der Waals surface area contributed by atoms with E-state index in [4.69, 9.17) is 5.11 Å². The van der Waals surface area contributed by atoms with Crippen LogP contribution in [0.5, 0.6) is 0 Å². The fourth-order valence-corrected chi connectivity index (χ4v) is 1.89. The minimum absolute atomic E-state index is 0.0596. The first-order valence-corrected chi connectivity index (χ1v) is 6.23. The molecule has 0 unspecified atom stereocenters. The molecule has 5 nitrogen and oxygen atoms in total. The van der Waals surface area contributed by atoms with Crippen molar-refractivity contribution in [2.45, 2.75) is 19.6 Å². The van der Waals surface area contributed by atoms with E-state index in [1.807, 2.05) is 0 Å². The van der Waals surface area contributed by atoms with Crippen LogP contribution in [-0.4, -0.2) is 26.1 Å². The molecule has 1 heterocycles. The summed E-state index contributed by atoms with van der Waals surface area (Å²) in [5.74, 6) is -1.18. The number of rotatable bonds is 4. The Balaban J connectivity index is 2.42. The van der Waals surface area contributed by atoms with Crippen molar-refractivity contribution in [1.29, 1.82) is 0 Å². The van der Waals surface area contributed by atoms with Crippen LogP contribution >= 0.6 is 0 Å². The summed E-state index contributed by atoms with van der Waals surface area (Å²) >= 11 is 0. The average Bonchev–Trinajstić information content (AvgIpc) is 2.81. The molecule has 0 saturated carbocycles. The van der Waals surface area contributed by atoms with Gasteiger partial charge in [0.05, 0.1) is 17.8 Å². The molecular weight excluding hydrogens is 299 g/mol. The van der Waals surface area contributed by atoms with Crippen LogP contribution in [0.1, 0.15) is 22.4 Å². The molecule has 2 aromatic rings. The standard InChI is InChI=1S/C14H12F3N3O2/c1-9-7-20(19-18-9)8-11-6-12(14(15,16)17)4-2-10(11)3-5-13(21)22/h2-7H,8H2,1H3,(H,21,22)/b5-3+. The largest absolute Gasteiger partial charge is 0.478 e. The number of aliphatic carboxylic acids is 1. The maximum atomic E-state index is 12.8. The fourth-order valence-electron chi connectivity index (χ4n) is 1.89. The van der Waals surface area contributed by atoms with Crippen molar-refractivity contribution in [3.63, 3.8) is 0 Å². The molecule has 116 valence electrons. The van der Waals surface area contributed by atoms with Crippen molar-refractivity contribution in [1.82, 2.24) is 15.0 Å². The summed E-state index contributed by atoms with van der Waals surface area (Å²) in [7, 11) is 0. The third kappa shape index (κ3) is 3.94. The van der Waals surface area contributed by atoms with E-state index in [0.29, 0.717) is 16.8 Å². The van der Waals surface area contributed by atoms with E-state index in [0.717, 1.165) is 18.2 Å². The van der Waals surface area contributed by atoms with E-state index in [-0.39, 0.29) is 6.54 Å². The quantitative estimate of drug-likeness (QED) is 0.882. The van der Waals surface area contributed by atoms with Gasteiger partial charge >= 0.3 is 12.1 Å². The topological polar surface area (TPSA) is 68.0 Å². The molecule has 0 bridgehead atoms. The lowest BCUT2D eigenvalue weighted by molar-refractivity contribution is -0.137. The molecule has 22 heavy (non-hydrogen) atoms. The van der Waals surface area contributed by atoms with Gasteiger partial charge in [0.2, 0.25) is 0 Å². The SMILES string of the molecule is Cc1cn(Cc2cc(C(F)(F)F)ccc2/C=C/C(=O)O)nn1. The van der Waals surface area contributed by atoms with Crippen LogP contribution in [-0.2, 0) is 17.5 Å². The van der Waals surface area contributed by atoms with Gasteiger partial charge in [0.15, 0.2) is 0 Å². The molecule has 1 N–H and O–H groups in total. The minimum Gasteiger partial charge on any atom is -0.478 e. The second-order valence-corrected chi connectivity index (χ2v) is 4.64. The summed E-state index contributed by atoms with van der Waals surface area (Å²) in [6.45, 7) is 1.77. The minimum atomic E-state index is -4.47. The van der Waals surface area contributed by atoms with Crippen molar-refractivity contribution in [3.8, 4) is 0 Å². The lowest BCUT2D eigenvalue weighted by Gasteiger charge is -2.11. The molecule has 0 aliphatic heterocycles. The van der Waals surface area contributed by atoms with E-state index >= 15 is 0 Å². The van der Waals surface area contributed by atoms with E-state index in [2.05, 4.69) is 10.3 Å². The van der Waals surface area contributed by atoms with Crippen molar-refractivity contribution in [2.24, 2.45) is 0 Å². The van der Waals surface area contributed by atoms with Crippen LogP contribution in [0.4, 0.5) is 13.2 Å². The van der Waals surface area contributed by atoms with Crippen molar-refractivity contribution in [2.75, 3.05) is 0 Å². The predicted octanol–water partition coefficient (Wildman–Crippen LogP) is 2.75. The van der Waals surface area contributed by atoms with Gasteiger partial charge in [-0.15, -0.1) is 5.10 Å². The van der Waals surface area contributed by atoms with E-state index in [9.17, 15) is 18.0 Å². The molecule has 8 heteroatoms. The zero-order valence-corrected chi connectivity index (χ0v) is 11.5. The Hall–Kier alpha value is -2.64. The summed E-state index contributed by atoms with van der Waals surface area (Å²) in [5, 5.41) is 16.2. The van der Waals surface area contributed by atoms with Crippen LogP contribution < -0.4 is 0 Å². The highest BCUT2D eigenvalue weighted by Crippen LogP contribution is 2.31. The first-order chi connectivity index (χ1) is 10.3. The fraction of sp³-hybridized carbons (Fsp3) is 0.214. The summed E-state index contributed by atoms with van der Waals surface area (Å²) in [6, 6.07) is 3.14. The Bertz CT molecular complexity index is 720. The number of carboxylic acid groups (broad SMARTS) is 1. The predicted molar refractivity (Wildman–Crippen MR) is 72.0 cm³/mol. The van der Waals surface area contributed by atoms with Gasteiger partial charge in [-0.2, -0.15) is 13.2 Å². The van der Waals surface area contributed by atoms with E-state index in [1.54, 1.807) is 13.1 Å². The maximum absolute atomic E-state index is 12.8. The number of aryl methyl sites for hydroxylation is 1. The smallest absolute Gasteiger partial charge is 0.416 e. The second kappa shape index (κ2) is 6.00. The van der Waals surface area contributed by atoms with Gasteiger partial charge in [-0.05, 0) is 36.3 Å². The zero-order chi connectivity index (χ0) is 16.3. The molecule has 1 aromatic heterocycles. The first-order valence-electron chi connectivity index (χ1n) is 6.23. The molecule has 0 atom stereocenters. The third-order valence-corrected chi connectivity index (χ3v) is 2.86. The molecule has 0 spiro atoms. The Morgan fingerprint density at radius 2 is 2.14 bits per heavy atom. The summed E-state index contributed by atoms with van der Waals surface area (Å²) in [5.41, 5.74) is 0.516.